The van der Waals surface area contributed by atoms with Crippen LogP contribution in [0, 0.1) is 11.6 Å². The summed E-state index contributed by atoms with van der Waals surface area (Å²) < 4.78 is 46.9. The normalized spacial score (nSPS) is 16.0. The van der Waals surface area contributed by atoms with Gasteiger partial charge in [-0.3, -0.25) is 0 Å². The molecule has 1 fully saturated rings. The van der Waals surface area contributed by atoms with E-state index in [9.17, 15) is 13.0 Å². The molecule has 1 aliphatic heterocycles. The Morgan fingerprint density at radius 2 is 1.96 bits per heavy atom. The third kappa shape index (κ3) is 2.55. The Morgan fingerprint density at radius 3 is 2.64 bits per heavy atom. The van der Waals surface area contributed by atoms with Gasteiger partial charge in [0.2, 0.25) is 0 Å². The monoisotopic (exact) mass is 363 g/mol. The van der Waals surface area contributed by atoms with E-state index in [2.05, 4.69) is 14.3 Å². The Balaban J connectivity index is 1.92. The van der Waals surface area contributed by atoms with Crippen LogP contribution in [0.2, 0.25) is 0 Å². The molecule has 3 heterocycles. The van der Waals surface area contributed by atoms with Crippen molar-refractivity contribution >= 4 is 32.3 Å². The maximum Gasteiger partial charge on any atom is 0.150 e. The SMILES string of the molecule is Cn1cc(-c2cc(F)c(N=S3(=O)CCC3)cc2F)c2c(N)ncnc21. The van der Waals surface area contributed by atoms with E-state index in [4.69, 9.17) is 5.73 Å². The zero-order chi connectivity index (χ0) is 17.8. The van der Waals surface area contributed by atoms with Crippen LogP contribution in [0.5, 0.6) is 0 Å². The van der Waals surface area contributed by atoms with Crippen molar-refractivity contribution in [3.63, 3.8) is 0 Å². The number of halogens is 2. The molecule has 1 saturated heterocycles. The summed E-state index contributed by atoms with van der Waals surface area (Å²) in [6, 6.07) is 2.03. The minimum Gasteiger partial charge on any atom is -0.383 e. The van der Waals surface area contributed by atoms with Crippen LogP contribution in [0.15, 0.2) is 29.0 Å². The molecule has 1 aliphatic rings. The van der Waals surface area contributed by atoms with Crippen LogP contribution in [0.25, 0.3) is 22.2 Å². The molecule has 4 rings (SSSR count). The first-order valence-electron chi connectivity index (χ1n) is 7.65. The number of nitrogens with two attached hydrogens (primary N) is 1. The van der Waals surface area contributed by atoms with Gasteiger partial charge in [0.1, 0.15) is 35.1 Å². The van der Waals surface area contributed by atoms with Crippen LogP contribution >= 0.6 is 0 Å². The molecule has 130 valence electrons. The summed E-state index contributed by atoms with van der Waals surface area (Å²) in [7, 11) is -0.688. The Bertz CT molecular complexity index is 1120. The highest BCUT2D eigenvalue weighted by molar-refractivity contribution is 7.95. The molecular weight excluding hydrogens is 348 g/mol. The van der Waals surface area contributed by atoms with Gasteiger partial charge >= 0.3 is 0 Å². The summed E-state index contributed by atoms with van der Waals surface area (Å²) in [5, 5.41) is 0.456. The number of nitrogens with zero attached hydrogens (tertiary/aromatic N) is 4. The van der Waals surface area contributed by atoms with Crippen molar-refractivity contribution in [2.75, 3.05) is 17.2 Å². The zero-order valence-electron chi connectivity index (χ0n) is 13.4. The van der Waals surface area contributed by atoms with Crippen molar-refractivity contribution < 1.29 is 13.0 Å². The van der Waals surface area contributed by atoms with Gasteiger partial charge in [0.15, 0.2) is 0 Å². The minimum atomic E-state index is -2.42. The summed E-state index contributed by atoms with van der Waals surface area (Å²) in [5.74, 6) is -0.358. The van der Waals surface area contributed by atoms with Gasteiger partial charge < -0.3 is 10.3 Å². The van der Waals surface area contributed by atoms with Gasteiger partial charge in [-0.05, 0) is 12.5 Å². The maximum atomic E-state index is 14.7. The molecule has 2 N–H and O–H groups in total. The van der Waals surface area contributed by atoms with Crippen molar-refractivity contribution in [2.45, 2.75) is 6.42 Å². The number of aromatic nitrogens is 3. The number of anilines is 1. The second kappa shape index (κ2) is 5.48. The van der Waals surface area contributed by atoms with Gasteiger partial charge in [-0.1, -0.05) is 0 Å². The highest BCUT2D eigenvalue weighted by Crippen LogP contribution is 2.36. The topological polar surface area (TPSA) is 86.2 Å². The van der Waals surface area contributed by atoms with E-state index in [1.54, 1.807) is 17.8 Å². The predicted octanol–water partition coefficient (Wildman–Crippen LogP) is 3.00. The van der Waals surface area contributed by atoms with Crippen molar-refractivity contribution in [3.8, 4) is 11.1 Å². The van der Waals surface area contributed by atoms with E-state index in [0.717, 1.165) is 18.6 Å². The lowest BCUT2D eigenvalue weighted by atomic mass is 10.0. The van der Waals surface area contributed by atoms with Crippen LogP contribution in [0.1, 0.15) is 6.42 Å². The number of hydrogen-bond donors (Lipinski definition) is 1. The summed E-state index contributed by atoms with van der Waals surface area (Å²) in [4.78, 5) is 8.05. The molecule has 0 unspecified atom stereocenters. The quantitative estimate of drug-likeness (QED) is 0.758. The molecule has 0 amide bonds. The molecule has 9 heteroatoms. The first-order valence-corrected chi connectivity index (χ1v) is 9.51. The molecular formula is C16H15F2N5OS. The third-order valence-corrected chi connectivity index (χ3v) is 6.68. The summed E-state index contributed by atoms with van der Waals surface area (Å²) >= 11 is 0. The van der Waals surface area contributed by atoms with Crippen LogP contribution < -0.4 is 5.73 Å². The first kappa shape index (κ1) is 15.9. The van der Waals surface area contributed by atoms with Gasteiger partial charge in [-0.2, -0.15) is 4.36 Å². The van der Waals surface area contributed by atoms with Crippen LogP contribution in [0.3, 0.4) is 0 Å². The van der Waals surface area contributed by atoms with E-state index in [0.29, 0.717) is 28.1 Å². The van der Waals surface area contributed by atoms with E-state index < -0.39 is 21.4 Å². The Labute approximate surface area is 142 Å². The summed E-state index contributed by atoms with van der Waals surface area (Å²) in [5.41, 5.74) is 6.64. The number of rotatable bonds is 2. The highest BCUT2D eigenvalue weighted by Gasteiger charge is 2.22. The second-order valence-electron chi connectivity index (χ2n) is 6.02. The molecule has 0 bridgehead atoms. The number of hydrogen-bond acceptors (Lipinski definition) is 5. The van der Waals surface area contributed by atoms with Gasteiger partial charge in [0.05, 0.1) is 15.1 Å². The van der Waals surface area contributed by atoms with Crippen LogP contribution in [0.4, 0.5) is 20.3 Å². The van der Waals surface area contributed by atoms with Crippen molar-refractivity contribution in [2.24, 2.45) is 11.4 Å². The highest BCUT2D eigenvalue weighted by atomic mass is 32.2. The number of aryl methyl sites for hydroxylation is 1. The lowest BCUT2D eigenvalue weighted by molar-refractivity contribution is 0.604. The van der Waals surface area contributed by atoms with Gasteiger partial charge in [-0.25, -0.2) is 23.0 Å². The van der Waals surface area contributed by atoms with E-state index in [1.807, 2.05) is 0 Å². The fourth-order valence-corrected chi connectivity index (χ4v) is 4.38. The molecule has 1 aromatic carbocycles. The standard InChI is InChI=1S/C16H15F2N5OS/c1-23-7-10(14-15(19)20-8-21-16(14)23)9-5-12(18)13(6-11(9)17)22-25(24)3-2-4-25/h5-8H,2-4H2,1H3,(H2,19,20,21). The maximum absolute atomic E-state index is 14.7. The van der Waals surface area contributed by atoms with Crippen LogP contribution in [-0.4, -0.2) is 30.2 Å². The van der Waals surface area contributed by atoms with E-state index >= 15 is 0 Å². The molecule has 0 saturated carbocycles. The number of nitrogen functional groups attached to an aromatic ring is 1. The van der Waals surface area contributed by atoms with Crippen molar-refractivity contribution in [1.82, 2.24) is 14.5 Å². The fourth-order valence-electron chi connectivity index (χ4n) is 2.91. The molecule has 2 aromatic heterocycles. The Kier molecular flexibility index (Phi) is 3.50. The van der Waals surface area contributed by atoms with Crippen molar-refractivity contribution in [1.29, 1.82) is 0 Å². The zero-order valence-corrected chi connectivity index (χ0v) is 14.2. The molecule has 0 radical (unpaired) electrons. The average molecular weight is 363 g/mol. The molecule has 6 nitrogen and oxygen atoms in total. The molecule has 0 atom stereocenters. The molecule has 0 spiro atoms. The smallest absolute Gasteiger partial charge is 0.150 e. The third-order valence-electron chi connectivity index (χ3n) is 4.30. The Morgan fingerprint density at radius 1 is 1.20 bits per heavy atom. The molecule has 3 aromatic rings. The number of fused-ring (bicyclic) bond motifs is 1. The largest absolute Gasteiger partial charge is 0.383 e. The number of benzene rings is 1. The predicted molar refractivity (Wildman–Crippen MR) is 92.9 cm³/mol. The van der Waals surface area contributed by atoms with E-state index in [1.165, 1.54) is 6.33 Å². The van der Waals surface area contributed by atoms with Gasteiger partial charge in [-0.15, -0.1) is 0 Å². The Hall–Kier alpha value is -2.55. The summed E-state index contributed by atoms with van der Waals surface area (Å²) in [6.45, 7) is 0. The first-order chi connectivity index (χ1) is 11.9. The average Bonchev–Trinajstić information content (AvgIpc) is 2.87. The molecule has 25 heavy (non-hydrogen) atoms. The lowest BCUT2D eigenvalue weighted by Gasteiger charge is -2.18. The van der Waals surface area contributed by atoms with E-state index in [-0.39, 0.29) is 17.1 Å². The fraction of sp³-hybridized carbons (Fsp3) is 0.250. The van der Waals surface area contributed by atoms with Crippen molar-refractivity contribution in [3.05, 3.63) is 36.3 Å². The molecule has 0 aliphatic carbocycles. The van der Waals surface area contributed by atoms with Gasteiger partial charge in [0.25, 0.3) is 0 Å². The summed E-state index contributed by atoms with van der Waals surface area (Å²) in [6.07, 6.45) is 3.73. The second-order valence-corrected chi connectivity index (χ2v) is 8.56. The lowest BCUT2D eigenvalue weighted by Crippen LogP contribution is -2.23. The van der Waals surface area contributed by atoms with Gasteiger partial charge in [0, 0.05) is 41.9 Å². The minimum absolute atomic E-state index is 0.0344. The van der Waals surface area contributed by atoms with Crippen LogP contribution in [-0.2, 0) is 16.8 Å².